The number of imidazole rings is 1. The molecule has 0 saturated carbocycles. The minimum atomic E-state index is -0.0153. The van der Waals surface area contributed by atoms with E-state index in [0.29, 0.717) is 6.42 Å². The molecule has 0 aliphatic rings. The molecule has 2 heterocycles. The van der Waals surface area contributed by atoms with Crippen molar-refractivity contribution in [2.75, 3.05) is 0 Å². The monoisotopic (exact) mass is 384 g/mol. The molecule has 0 saturated heterocycles. The molecule has 2 aromatic carbocycles. The summed E-state index contributed by atoms with van der Waals surface area (Å²) in [5, 5.41) is 3.07. The summed E-state index contributed by atoms with van der Waals surface area (Å²) >= 11 is 0. The van der Waals surface area contributed by atoms with Gasteiger partial charge in [-0.25, -0.2) is 9.97 Å². The number of fused-ring (bicyclic) bond motifs is 1. The molecule has 29 heavy (non-hydrogen) atoms. The zero-order chi connectivity index (χ0) is 20.2. The fourth-order valence-corrected chi connectivity index (χ4v) is 3.53. The predicted octanol–water partition coefficient (Wildman–Crippen LogP) is 4.40. The third kappa shape index (κ3) is 4.04. The summed E-state index contributed by atoms with van der Waals surface area (Å²) in [5.74, 6) is 0.985. The molecule has 1 unspecified atom stereocenters. The Kier molecular flexibility index (Phi) is 5.38. The average Bonchev–Trinajstić information content (AvgIpc) is 3.13. The molecule has 5 nitrogen and oxygen atoms in total. The van der Waals surface area contributed by atoms with Crippen molar-refractivity contribution in [2.45, 2.75) is 32.7 Å². The Morgan fingerprint density at radius 1 is 1.03 bits per heavy atom. The summed E-state index contributed by atoms with van der Waals surface area (Å²) in [6.07, 6.45) is 2.95. The predicted molar refractivity (Wildman–Crippen MR) is 115 cm³/mol. The number of aryl methyl sites for hydroxylation is 1. The molecule has 1 atom stereocenters. The minimum Gasteiger partial charge on any atom is -0.349 e. The highest BCUT2D eigenvalue weighted by Gasteiger charge is 2.13. The van der Waals surface area contributed by atoms with Crippen LogP contribution < -0.4 is 5.32 Å². The fraction of sp³-hybridized carbons (Fsp3) is 0.208. The molecular weight excluding hydrogens is 360 g/mol. The van der Waals surface area contributed by atoms with Gasteiger partial charge in [-0.1, -0.05) is 49.4 Å². The largest absolute Gasteiger partial charge is 0.349 e. The van der Waals surface area contributed by atoms with Gasteiger partial charge in [0, 0.05) is 18.3 Å². The highest BCUT2D eigenvalue weighted by atomic mass is 16.1. The number of aromatic nitrogens is 3. The summed E-state index contributed by atoms with van der Waals surface area (Å²) in [7, 11) is 0. The molecule has 0 aliphatic heterocycles. The standard InChI is InChI=1S/C24H24N4O/c1-3-22-27-21-10-7-15-25-24(21)28(22)20-13-11-18(12-14-20)16-23(29)26-17(2)19-8-5-4-6-9-19/h4-15,17H,3,16H2,1-2H3,(H,26,29). The summed E-state index contributed by atoms with van der Waals surface area (Å²) in [6, 6.07) is 21.9. The Morgan fingerprint density at radius 3 is 2.52 bits per heavy atom. The topological polar surface area (TPSA) is 59.8 Å². The molecule has 0 spiro atoms. The lowest BCUT2D eigenvalue weighted by Gasteiger charge is -2.14. The lowest BCUT2D eigenvalue weighted by atomic mass is 10.1. The molecule has 1 amide bonds. The van der Waals surface area contributed by atoms with Crippen LogP contribution in [0, 0.1) is 0 Å². The number of rotatable bonds is 6. The van der Waals surface area contributed by atoms with E-state index in [1.165, 1.54) is 0 Å². The van der Waals surface area contributed by atoms with Crippen LogP contribution in [0.2, 0.25) is 0 Å². The second kappa shape index (κ2) is 8.27. The number of amides is 1. The fourth-order valence-electron chi connectivity index (χ4n) is 3.53. The van der Waals surface area contributed by atoms with Crippen LogP contribution in [0.4, 0.5) is 0 Å². The number of nitrogens with one attached hydrogen (secondary N) is 1. The number of carbonyl (C=O) groups excluding carboxylic acids is 1. The van der Waals surface area contributed by atoms with Crippen molar-refractivity contribution in [2.24, 2.45) is 0 Å². The van der Waals surface area contributed by atoms with Crippen molar-refractivity contribution in [1.82, 2.24) is 19.9 Å². The van der Waals surface area contributed by atoms with Crippen LogP contribution in [-0.4, -0.2) is 20.4 Å². The Bertz CT molecular complexity index is 1120. The van der Waals surface area contributed by atoms with Crippen LogP contribution in [0.25, 0.3) is 16.9 Å². The molecule has 0 aliphatic carbocycles. The van der Waals surface area contributed by atoms with E-state index in [9.17, 15) is 4.79 Å². The van der Waals surface area contributed by atoms with Crippen LogP contribution in [-0.2, 0) is 17.6 Å². The summed E-state index contributed by atoms with van der Waals surface area (Å²) in [6.45, 7) is 4.09. The average molecular weight is 384 g/mol. The van der Waals surface area contributed by atoms with Crippen LogP contribution in [0.15, 0.2) is 72.9 Å². The van der Waals surface area contributed by atoms with Gasteiger partial charge in [-0.2, -0.15) is 0 Å². The Labute approximate surface area is 170 Å². The number of hydrogen-bond donors (Lipinski definition) is 1. The maximum absolute atomic E-state index is 12.4. The van der Waals surface area contributed by atoms with E-state index in [1.54, 1.807) is 6.20 Å². The summed E-state index contributed by atoms with van der Waals surface area (Å²) < 4.78 is 2.08. The van der Waals surface area contributed by atoms with E-state index < -0.39 is 0 Å². The molecule has 0 fully saturated rings. The Hall–Kier alpha value is -3.47. The van der Waals surface area contributed by atoms with Crippen LogP contribution >= 0.6 is 0 Å². The molecule has 4 rings (SSSR count). The minimum absolute atomic E-state index is 0.0121. The molecule has 0 bridgehead atoms. The first-order chi connectivity index (χ1) is 14.2. The van der Waals surface area contributed by atoms with Crippen molar-refractivity contribution in [1.29, 1.82) is 0 Å². The SMILES string of the molecule is CCc1nc2cccnc2n1-c1ccc(CC(=O)NC(C)c2ccccc2)cc1. The zero-order valence-electron chi connectivity index (χ0n) is 16.7. The van der Waals surface area contributed by atoms with Gasteiger partial charge in [-0.3, -0.25) is 9.36 Å². The highest BCUT2D eigenvalue weighted by molar-refractivity contribution is 5.79. The van der Waals surface area contributed by atoms with Crippen molar-refractivity contribution in [3.63, 3.8) is 0 Å². The first-order valence-electron chi connectivity index (χ1n) is 9.91. The van der Waals surface area contributed by atoms with E-state index in [2.05, 4.69) is 26.8 Å². The molecule has 2 aromatic heterocycles. The van der Waals surface area contributed by atoms with Gasteiger partial charge in [0.1, 0.15) is 11.3 Å². The van der Waals surface area contributed by atoms with Crippen LogP contribution in [0.5, 0.6) is 0 Å². The number of hydrogen-bond acceptors (Lipinski definition) is 3. The molecule has 5 heteroatoms. The van der Waals surface area contributed by atoms with Gasteiger partial charge in [0.05, 0.1) is 12.5 Å². The molecule has 1 N–H and O–H groups in total. The van der Waals surface area contributed by atoms with E-state index in [0.717, 1.165) is 40.2 Å². The van der Waals surface area contributed by atoms with E-state index >= 15 is 0 Å². The van der Waals surface area contributed by atoms with Crippen molar-refractivity contribution >= 4 is 17.1 Å². The molecule has 146 valence electrons. The van der Waals surface area contributed by atoms with Gasteiger partial charge >= 0.3 is 0 Å². The highest BCUT2D eigenvalue weighted by Crippen LogP contribution is 2.21. The van der Waals surface area contributed by atoms with Gasteiger partial charge in [0.2, 0.25) is 5.91 Å². The first kappa shape index (κ1) is 18.9. The number of nitrogens with zero attached hydrogens (tertiary/aromatic N) is 3. The van der Waals surface area contributed by atoms with Crippen molar-refractivity contribution in [3.8, 4) is 5.69 Å². The van der Waals surface area contributed by atoms with Gasteiger partial charge in [-0.15, -0.1) is 0 Å². The third-order valence-electron chi connectivity index (χ3n) is 5.04. The first-order valence-corrected chi connectivity index (χ1v) is 9.91. The van der Waals surface area contributed by atoms with Gasteiger partial charge in [0.15, 0.2) is 5.65 Å². The number of carbonyl (C=O) groups is 1. The van der Waals surface area contributed by atoms with E-state index in [4.69, 9.17) is 0 Å². The zero-order valence-corrected chi connectivity index (χ0v) is 16.7. The van der Waals surface area contributed by atoms with Gasteiger partial charge < -0.3 is 5.32 Å². The second-order valence-corrected chi connectivity index (χ2v) is 7.11. The summed E-state index contributed by atoms with van der Waals surface area (Å²) in [5.41, 5.74) is 4.82. The lowest BCUT2D eigenvalue weighted by Crippen LogP contribution is -2.28. The normalized spacial score (nSPS) is 12.1. The van der Waals surface area contributed by atoms with Gasteiger partial charge in [-0.05, 0) is 42.3 Å². The van der Waals surface area contributed by atoms with Crippen molar-refractivity contribution < 1.29 is 4.79 Å². The molecule has 4 aromatic rings. The molecular formula is C24H24N4O. The quantitative estimate of drug-likeness (QED) is 0.536. The number of pyridine rings is 1. The second-order valence-electron chi connectivity index (χ2n) is 7.11. The maximum atomic E-state index is 12.4. The maximum Gasteiger partial charge on any atom is 0.224 e. The third-order valence-corrected chi connectivity index (χ3v) is 5.04. The smallest absolute Gasteiger partial charge is 0.224 e. The van der Waals surface area contributed by atoms with Crippen LogP contribution in [0.3, 0.4) is 0 Å². The lowest BCUT2D eigenvalue weighted by molar-refractivity contribution is -0.121. The molecule has 0 radical (unpaired) electrons. The van der Waals surface area contributed by atoms with Gasteiger partial charge in [0.25, 0.3) is 0 Å². The van der Waals surface area contributed by atoms with Crippen molar-refractivity contribution in [3.05, 3.63) is 89.9 Å². The van der Waals surface area contributed by atoms with E-state index in [-0.39, 0.29) is 11.9 Å². The Balaban J connectivity index is 1.49. The Morgan fingerprint density at radius 2 is 1.79 bits per heavy atom. The number of benzene rings is 2. The van der Waals surface area contributed by atoms with E-state index in [1.807, 2.05) is 73.7 Å². The van der Waals surface area contributed by atoms with Crippen LogP contribution in [0.1, 0.15) is 36.8 Å². The summed E-state index contributed by atoms with van der Waals surface area (Å²) in [4.78, 5) is 21.6.